The fraction of sp³-hybridized carbons (Fsp3) is 0.944. The second-order valence-electron chi connectivity index (χ2n) is 26.5. The molecule has 17 nitrogen and oxygen atoms in total. The van der Waals surface area contributed by atoms with E-state index in [1.807, 2.05) is 0 Å². The maximum atomic E-state index is 13.0. The van der Waals surface area contributed by atoms with Crippen LogP contribution in [0.3, 0.4) is 0 Å². The van der Waals surface area contributed by atoms with Crippen molar-refractivity contribution in [3.8, 4) is 0 Å². The minimum Gasteiger partial charge on any atom is -0.462 e. The average molecular weight is 1340 g/mol. The smallest absolute Gasteiger partial charge is 0.462 e. The molecule has 0 heterocycles. The number of phosphoric ester groups is 2. The van der Waals surface area contributed by atoms with Crippen molar-refractivity contribution < 1.29 is 80.2 Å². The Morgan fingerprint density at radius 1 is 0.308 bits per heavy atom. The molecule has 0 saturated heterocycles. The molecule has 0 fully saturated rings. The third-order valence-electron chi connectivity index (χ3n) is 17.4. The second kappa shape index (κ2) is 64.1. The second-order valence-corrected chi connectivity index (χ2v) is 29.4. The molecule has 4 unspecified atom stereocenters. The summed E-state index contributed by atoms with van der Waals surface area (Å²) in [4.78, 5) is 72.3. The van der Waals surface area contributed by atoms with Crippen molar-refractivity contribution in [2.75, 3.05) is 39.6 Å². The first-order chi connectivity index (χ1) is 43.9. The van der Waals surface area contributed by atoms with Gasteiger partial charge < -0.3 is 33.8 Å². The van der Waals surface area contributed by atoms with Gasteiger partial charge in [0.15, 0.2) is 12.2 Å². The molecule has 91 heavy (non-hydrogen) atoms. The number of hydrogen-bond acceptors (Lipinski definition) is 15. The number of aliphatic hydroxyl groups excluding tert-OH is 1. The number of carbonyl (C=O) groups is 4. The van der Waals surface area contributed by atoms with Gasteiger partial charge in [-0.05, 0) is 37.5 Å². The van der Waals surface area contributed by atoms with E-state index in [9.17, 15) is 43.2 Å². The van der Waals surface area contributed by atoms with Crippen molar-refractivity contribution in [2.45, 2.75) is 387 Å². The van der Waals surface area contributed by atoms with Crippen molar-refractivity contribution in [3.05, 3.63) is 0 Å². The van der Waals surface area contributed by atoms with Gasteiger partial charge in [-0.15, -0.1) is 0 Å². The van der Waals surface area contributed by atoms with E-state index in [1.165, 1.54) is 180 Å². The number of unbranched alkanes of at least 4 members (excludes halogenated alkanes) is 39. The number of phosphoric acid groups is 2. The number of aliphatic hydroxyl groups is 1. The Hall–Kier alpha value is -1.94. The van der Waals surface area contributed by atoms with Crippen molar-refractivity contribution in [1.82, 2.24) is 0 Å². The van der Waals surface area contributed by atoms with Gasteiger partial charge in [0.2, 0.25) is 0 Å². The van der Waals surface area contributed by atoms with Crippen LogP contribution in [0, 0.1) is 11.8 Å². The zero-order valence-electron chi connectivity index (χ0n) is 59.1. The van der Waals surface area contributed by atoms with E-state index < -0.39 is 97.5 Å². The van der Waals surface area contributed by atoms with E-state index in [2.05, 4.69) is 41.5 Å². The third kappa shape index (κ3) is 63.9. The number of carbonyl (C=O) groups excluding carboxylic acids is 4. The molecule has 0 amide bonds. The summed E-state index contributed by atoms with van der Waals surface area (Å²) >= 11 is 0. The van der Waals surface area contributed by atoms with Crippen LogP contribution in [0.4, 0.5) is 0 Å². The minimum absolute atomic E-state index is 0.104. The van der Waals surface area contributed by atoms with Crippen LogP contribution >= 0.6 is 15.6 Å². The fourth-order valence-corrected chi connectivity index (χ4v) is 12.5. The lowest BCUT2D eigenvalue weighted by Crippen LogP contribution is -2.30. The van der Waals surface area contributed by atoms with Gasteiger partial charge in [-0.3, -0.25) is 37.3 Å². The minimum atomic E-state index is -4.95. The van der Waals surface area contributed by atoms with Crippen LogP contribution < -0.4 is 0 Å². The first-order valence-electron chi connectivity index (χ1n) is 37.6. The Morgan fingerprint density at radius 2 is 0.527 bits per heavy atom. The molecular weight excluding hydrogens is 1200 g/mol. The molecule has 0 aliphatic carbocycles. The zero-order chi connectivity index (χ0) is 67.2. The Morgan fingerprint density at radius 3 is 0.780 bits per heavy atom. The van der Waals surface area contributed by atoms with E-state index in [4.69, 9.17) is 37.0 Å². The van der Waals surface area contributed by atoms with Gasteiger partial charge in [0.25, 0.3) is 0 Å². The molecule has 0 radical (unpaired) electrons. The molecule has 0 aromatic rings. The quantitative estimate of drug-likeness (QED) is 0.0222. The summed E-state index contributed by atoms with van der Waals surface area (Å²) < 4.78 is 68.1. The van der Waals surface area contributed by atoms with Crippen molar-refractivity contribution >= 4 is 39.5 Å². The van der Waals surface area contributed by atoms with Gasteiger partial charge in [-0.2, -0.15) is 0 Å². The first-order valence-corrected chi connectivity index (χ1v) is 40.6. The van der Waals surface area contributed by atoms with Crippen molar-refractivity contribution in [2.24, 2.45) is 11.8 Å². The molecule has 19 heteroatoms. The van der Waals surface area contributed by atoms with Crippen molar-refractivity contribution in [3.63, 3.8) is 0 Å². The molecule has 7 atom stereocenters. The monoisotopic (exact) mass is 1340 g/mol. The highest BCUT2D eigenvalue weighted by Crippen LogP contribution is 2.45. The number of rotatable bonds is 71. The Labute approximate surface area is 556 Å². The number of hydrogen-bond donors (Lipinski definition) is 3. The Bertz CT molecular complexity index is 1770. The lowest BCUT2D eigenvalue weighted by molar-refractivity contribution is -0.161. The summed E-state index contributed by atoms with van der Waals surface area (Å²) in [6.07, 6.45) is 50.3. The predicted octanol–water partition coefficient (Wildman–Crippen LogP) is 20.8. The molecule has 0 aromatic heterocycles. The maximum absolute atomic E-state index is 13.0. The molecule has 0 aliphatic heterocycles. The molecule has 0 bridgehead atoms. The predicted molar refractivity (Wildman–Crippen MR) is 368 cm³/mol. The standard InChI is InChI=1S/C72H140O17P2/c1-7-11-13-15-16-17-18-19-20-21-22-23-24-25-26-27-32-38-44-50-56-71(76)89-68(61-83-70(75)55-49-43-37-31-29-28-30-35-41-46-52-64(5)9-3)63-87-91(80,81)85-59-66(73)58-84-90(78,79)86-62-67(60-82-69(74)54-48-40-14-12-8-2)88-72(77)57-51-45-39-34-33-36-42-47-53-65(6)10-4/h64-68,73H,7-63H2,1-6H3,(H,78,79)(H,80,81)/t64?,65?,66-,67+,68+/m0/s1. The summed E-state index contributed by atoms with van der Waals surface area (Å²) in [6.45, 7) is 9.50. The summed E-state index contributed by atoms with van der Waals surface area (Å²) in [5.74, 6) is -0.555. The van der Waals surface area contributed by atoms with E-state index in [1.54, 1.807) is 0 Å². The van der Waals surface area contributed by atoms with Gasteiger partial charge in [-0.1, -0.05) is 318 Å². The van der Waals surface area contributed by atoms with Crippen LogP contribution in [0.2, 0.25) is 0 Å². The molecule has 0 rings (SSSR count). The van der Waals surface area contributed by atoms with E-state index in [0.717, 1.165) is 108 Å². The fourth-order valence-electron chi connectivity index (χ4n) is 10.9. The first kappa shape index (κ1) is 89.1. The van der Waals surface area contributed by atoms with E-state index in [-0.39, 0.29) is 25.7 Å². The summed E-state index contributed by atoms with van der Waals surface area (Å²) in [5, 5.41) is 10.6. The molecule has 0 spiro atoms. The van der Waals surface area contributed by atoms with E-state index in [0.29, 0.717) is 25.7 Å². The molecule has 540 valence electrons. The summed E-state index contributed by atoms with van der Waals surface area (Å²) in [5.41, 5.74) is 0. The highest BCUT2D eigenvalue weighted by atomic mass is 31.2. The van der Waals surface area contributed by atoms with Gasteiger partial charge in [0.1, 0.15) is 19.3 Å². The number of esters is 4. The van der Waals surface area contributed by atoms with Gasteiger partial charge in [0, 0.05) is 25.7 Å². The van der Waals surface area contributed by atoms with E-state index >= 15 is 0 Å². The van der Waals surface area contributed by atoms with Crippen LogP contribution in [0.25, 0.3) is 0 Å². The van der Waals surface area contributed by atoms with Gasteiger partial charge in [0.05, 0.1) is 26.4 Å². The summed E-state index contributed by atoms with van der Waals surface area (Å²) in [6, 6.07) is 0. The third-order valence-corrected chi connectivity index (χ3v) is 19.3. The normalized spacial score (nSPS) is 14.7. The van der Waals surface area contributed by atoms with Gasteiger partial charge in [-0.25, -0.2) is 9.13 Å². The zero-order valence-corrected chi connectivity index (χ0v) is 60.9. The Kier molecular flexibility index (Phi) is 62.7. The molecule has 0 saturated carbocycles. The SMILES string of the molecule is CCCCCCCCCCCCCCCCCCCCCCC(=O)O[C@H](COC(=O)CCCCCCCCCCCCC(C)CC)COP(=O)(O)OC[C@@H](O)COP(=O)(O)OC[C@@H](COC(=O)CCCCCCC)OC(=O)CCCCCCCCCCC(C)CC. The Balaban J connectivity index is 5.14. The van der Waals surface area contributed by atoms with Crippen LogP contribution in [0.5, 0.6) is 0 Å². The molecular formula is C72H140O17P2. The topological polar surface area (TPSA) is 237 Å². The highest BCUT2D eigenvalue weighted by Gasteiger charge is 2.30. The number of ether oxygens (including phenoxy) is 4. The maximum Gasteiger partial charge on any atom is 0.472 e. The molecule has 3 N–H and O–H groups in total. The van der Waals surface area contributed by atoms with Crippen LogP contribution in [-0.4, -0.2) is 96.7 Å². The van der Waals surface area contributed by atoms with Crippen LogP contribution in [0.15, 0.2) is 0 Å². The molecule has 0 aliphatic rings. The van der Waals surface area contributed by atoms with Crippen LogP contribution in [-0.2, 0) is 65.4 Å². The van der Waals surface area contributed by atoms with Crippen LogP contribution in [0.1, 0.15) is 369 Å². The lowest BCUT2D eigenvalue weighted by Gasteiger charge is -2.21. The average Bonchev–Trinajstić information content (AvgIpc) is 3.71. The van der Waals surface area contributed by atoms with Crippen molar-refractivity contribution in [1.29, 1.82) is 0 Å². The highest BCUT2D eigenvalue weighted by molar-refractivity contribution is 7.47. The largest absolute Gasteiger partial charge is 0.472 e. The summed E-state index contributed by atoms with van der Waals surface area (Å²) in [7, 11) is -9.89. The van der Waals surface area contributed by atoms with Gasteiger partial charge >= 0.3 is 39.5 Å². The molecule has 0 aromatic carbocycles. The lowest BCUT2D eigenvalue weighted by atomic mass is 9.99.